The van der Waals surface area contributed by atoms with Crippen LogP contribution < -0.4 is 5.32 Å². The number of carbonyl (C=O) groups is 1. The van der Waals surface area contributed by atoms with E-state index in [0.29, 0.717) is 0 Å². The fourth-order valence-electron chi connectivity index (χ4n) is 2.69. The second kappa shape index (κ2) is 7.32. The summed E-state index contributed by atoms with van der Waals surface area (Å²) >= 11 is 0. The lowest BCUT2D eigenvalue weighted by Crippen LogP contribution is -2.00. The van der Waals surface area contributed by atoms with Gasteiger partial charge in [0.05, 0.1) is 11.1 Å². The fraction of sp³-hybridized carbons (Fsp3) is 0.158. The van der Waals surface area contributed by atoms with Crippen molar-refractivity contribution in [3.05, 3.63) is 65.4 Å². The van der Waals surface area contributed by atoms with Gasteiger partial charge in [0.25, 0.3) is 0 Å². The minimum atomic E-state index is -0.938. The number of para-hydroxylation sites is 1. The zero-order chi connectivity index (χ0) is 16.4. The predicted molar refractivity (Wildman–Crippen MR) is 99.8 cm³/mol. The van der Waals surface area contributed by atoms with Gasteiger partial charge in [-0.15, -0.1) is 12.4 Å². The molecule has 0 amide bonds. The molecule has 1 aromatic heterocycles. The summed E-state index contributed by atoms with van der Waals surface area (Å²) < 4.78 is 0. The Balaban J connectivity index is 0.00000208. The molecule has 2 aromatic carbocycles. The first-order valence-electron chi connectivity index (χ1n) is 7.58. The van der Waals surface area contributed by atoms with Gasteiger partial charge in [-0.05, 0) is 49.2 Å². The van der Waals surface area contributed by atoms with Crippen LogP contribution in [-0.2, 0) is 6.42 Å². The monoisotopic (exact) mass is 342 g/mol. The van der Waals surface area contributed by atoms with Gasteiger partial charge in [-0.1, -0.05) is 25.1 Å². The van der Waals surface area contributed by atoms with Crippen LogP contribution in [0.15, 0.2) is 48.5 Å². The first-order chi connectivity index (χ1) is 11.1. The number of benzene rings is 2. The van der Waals surface area contributed by atoms with Crippen LogP contribution in [0.1, 0.15) is 28.5 Å². The Morgan fingerprint density at radius 3 is 2.58 bits per heavy atom. The molecule has 0 spiro atoms. The number of halogens is 1. The third-order valence-electron chi connectivity index (χ3n) is 3.85. The number of anilines is 2. The number of pyridine rings is 1. The summed E-state index contributed by atoms with van der Waals surface area (Å²) in [7, 11) is 0. The number of fused-ring (bicyclic) bond motifs is 1. The van der Waals surface area contributed by atoms with E-state index in [0.717, 1.165) is 34.4 Å². The van der Waals surface area contributed by atoms with Gasteiger partial charge in [0, 0.05) is 22.5 Å². The van der Waals surface area contributed by atoms with Crippen LogP contribution in [0.2, 0.25) is 0 Å². The van der Waals surface area contributed by atoms with Crippen molar-refractivity contribution >= 4 is 40.7 Å². The molecule has 5 heteroatoms. The highest BCUT2D eigenvalue weighted by molar-refractivity contribution is 5.99. The van der Waals surface area contributed by atoms with Gasteiger partial charge in [0.2, 0.25) is 0 Å². The number of nitrogens with one attached hydrogen (secondary N) is 1. The Morgan fingerprint density at radius 2 is 1.88 bits per heavy atom. The number of carboxylic acid groups (broad SMARTS) is 1. The van der Waals surface area contributed by atoms with Crippen LogP contribution in [0.3, 0.4) is 0 Å². The first-order valence-corrected chi connectivity index (χ1v) is 7.58. The maximum atomic E-state index is 11.2. The summed E-state index contributed by atoms with van der Waals surface area (Å²) in [5.74, 6) is -0.938. The topological polar surface area (TPSA) is 62.2 Å². The molecule has 1 heterocycles. The third-order valence-corrected chi connectivity index (χ3v) is 3.85. The van der Waals surface area contributed by atoms with Crippen LogP contribution in [0.5, 0.6) is 0 Å². The second-order valence-electron chi connectivity index (χ2n) is 5.48. The Kier molecular flexibility index (Phi) is 5.42. The van der Waals surface area contributed by atoms with Gasteiger partial charge in [0.15, 0.2) is 0 Å². The fourth-order valence-corrected chi connectivity index (χ4v) is 2.69. The van der Waals surface area contributed by atoms with Gasteiger partial charge in [-0.3, -0.25) is 4.98 Å². The minimum absolute atomic E-state index is 0. The van der Waals surface area contributed by atoms with Gasteiger partial charge in [0.1, 0.15) is 0 Å². The van der Waals surface area contributed by atoms with E-state index in [1.165, 1.54) is 5.56 Å². The second-order valence-corrected chi connectivity index (χ2v) is 5.48. The van der Waals surface area contributed by atoms with Crippen LogP contribution >= 0.6 is 12.4 Å². The van der Waals surface area contributed by atoms with Crippen LogP contribution in [0, 0.1) is 6.92 Å². The van der Waals surface area contributed by atoms with Gasteiger partial charge in [-0.25, -0.2) is 4.79 Å². The highest BCUT2D eigenvalue weighted by Gasteiger charge is 2.10. The Hall–Kier alpha value is -2.59. The predicted octanol–water partition coefficient (Wildman–Crippen LogP) is 4.97. The summed E-state index contributed by atoms with van der Waals surface area (Å²) in [5.41, 5.74) is 5.04. The van der Waals surface area contributed by atoms with E-state index in [2.05, 4.69) is 23.3 Å². The van der Waals surface area contributed by atoms with Crippen molar-refractivity contribution in [2.45, 2.75) is 20.3 Å². The number of aromatic carboxylic acids is 1. The first kappa shape index (κ1) is 17.8. The van der Waals surface area contributed by atoms with Crippen LogP contribution in [-0.4, -0.2) is 16.1 Å². The van der Waals surface area contributed by atoms with E-state index in [-0.39, 0.29) is 18.0 Å². The smallest absolute Gasteiger partial charge is 0.335 e. The molecule has 0 saturated carbocycles. The van der Waals surface area contributed by atoms with E-state index >= 15 is 0 Å². The van der Waals surface area contributed by atoms with E-state index in [4.69, 9.17) is 0 Å². The molecule has 0 saturated heterocycles. The van der Waals surface area contributed by atoms with Crippen molar-refractivity contribution in [2.24, 2.45) is 0 Å². The molecule has 0 atom stereocenters. The third kappa shape index (κ3) is 3.49. The molecule has 24 heavy (non-hydrogen) atoms. The number of carboxylic acids is 1. The average Bonchev–Trinajstić information content (AvgIpc) is 2.54. The maximum absolute atomic E-state index is 11.2. The summed E-state index contributed by atoms with van der Waals surface area (Å²) in [5, 5.41) is 13.5. The van der Waals surface area contributed by atoms with Crippen molar-refractivity contribution in [2.75, 3.05) is 5.32 Å². The molecule has 2 N–H and O–H groups in total. The quantitative estimate of drug-likeness (QED) is 0.702. The number of hydrogen-bond acceptors (Lipinski definition) is 3. The SMILES string of the molecule is CCc1ccccc1Nc1cc(C)nc2ccc(C(=O)O)cc12.Cl. The summed E-state index contributed by atoms with van der Waals surface area (Å²) in [6.07, 6.45) is 0.922. The molecule has 3 aromatic rings. The lowest BCUT2D eigenvalue weighted by molar-refractivity contribution is 0.0697. The van der Waals surface area contributed by atoms with Crippen LogP contribution in [0.4, 0.5) is 11.4 Å². The van der Waals surface area contributed by atoms with Crippen molar-refractivity contribution in [1.82, 2.24) is 4.98 Å². The number of aromatic nitrogens is 1. The van der Waals surface area contributed by atoms with E-state index in [9.17, 15) is 9.90 Å². The van der Waals surface area contributed by atoms with Crippen molar-refractivity contribution in [3.8, 4) is 0 Å². The zero-order valence-electron chi connectivity index (χ0n) is 13.5. The van der Waals surface area contributed by atoms with Crippen molar-refractivity contribution in [1.29, 1.82) is 0 Å². The molecule has 0 aliphatic heterocycles. The Labute approximate surface area is 147 Å². The van der Waals surface area contributed by atoms with E-state index < -0.39 is 5.97 Å². The van der Waals surface area contributed by atoms with E-state index in [1.807, 2.05) is 31.2 Å². The summed E-state index contributed by atoms with van der Waals surface area (Å²) in [6.45, 7) is 4.04. The van der Waals surface area contributed by atoms with Gasteiger partial charge in [-0.2, -0.15) is 0 Å². The summed E-state index contributed by atoms with van der Waals surface area (Å²) in [4.78, 5) is 15.7. The Bertz CT molecular complexity index is 894. The Morgan fingerprint density at radius 1 is 1.12 bits per heavy atom. The van der Waals surface area contributed by atoms with Crippen molar-refractivity contribution in [3.63, 3.8) is 0 Å². The molecule has 4 nitrogen and oxygen atoms in total. The molecule has 0 bridgehead atoms. The van der Waals surface area contributed by atoms with E-state index in [1.54, 1.807) is 18.2 Å². The molecule has 0 unspecified atom stereocenters. The summed E-state index contributed by atoms with van der Waals surface area (Å²) in [6, 6.07) is 15.1. The lowest BCUT2D eigenvalue weighted by atomic mass is 10.1. The molecule has 0 radical (unpaired) electrons. The molecular weight excluding hydrogens is 324 g/mol. The highest BCUT2D eigenvalue weighted by Crippen LogP contribution is 2.29. The largest absolute Gasteiger partial charge is 0.478 e. The number of nitrogens with zero attached hydrogens (tertiary/aromatic N) is 1. The average molecular weight is 343 g/mol. The number of rotatable bonds is 4. The van der Waals surface area contributed by atoms with Crippen molar-refractivity contribution < 1.29 is 9.90 Å². The zero-order valence-corrected chi connectivity index (χ0v) is 14.4. The standard InChI is InChI=1S/C19H18N2O2.ClH/c1-3-13-6-4-5-7-16(13)21-18-10-12(2)20-17-9-8-14(19(22)23)11-15(17)18;/h4-11H,3H2,1-2H3,(H,20,21)(H,22,23);1H. The molecule has 0 fully saturated rings. The highest BCUT2D eigenvalue weighted by atomic mass is 35.5. The maximum Gasteiger partial charge on any atom is 0.335 e. The van der Waals surface area contributed by atoms with Crippen LogP contribution in [0.25, 0.3) is 10.9 Å². The lowest BCUT2D eigenvalue weighted by Gasteiger charge is -2.14. The number of hydrogen-bond donors (Lipinski definition) is 2. The molecule has 0 aliphatic carbocycles. The minimum Gasteiger partial charge on any atom is -0.478 e. The number of aryl methyl sites for hydroxylation is 2. The molecular formula is C19H19ClN2O2. The van der Waals surface area contributed by atoms with Gasteiger partial charge < -0.3 is 10.4 Å². The normalized spacial score (nSPS) is 10.2. The molecule has 3 rings (SSSR count). The molecule has 124 valence electrons. The molecule has 0 aliphatic rings. The van der Waals surface area contributed by atoms with Gasteiger partial charge >= 0.3 is 5.97 Å².